The van der Waals surface area contributed by atoms with Crippen molar-refractivity contribution in [3.05, 3.63) is 96.7 Å². The summed E-state index contributed by atoms with van der Waals surface area (Å²) in [6.07, 6.45) is 1.70. The lowest BCUT2D eigenvalue weighted by Gasteiger charge is -2.07. The maximum atomic E-state index is 13.1. The Morgan fingerprint density at radius 3 is 2.13 bits per heavy atom. The maximum Gasteiger partial charge on any atom is 0.259 e. The van der Waals surface area contributed by atoms with Crippen LogP contribution in [0.5, 0.6) is 0 Å². The lowest BCUT2D eigenvalue weighted by atomic mass is 10.1. The summed E-state index contributed by atoms with van der Waals surface area (Å²) in [5, 5.41) is 7.49. The van der Waals surface area contributed by atoms with E-state index < -0.39 is 9.84 Å². The van der Waals surface area contributed by atoms with Gasteiger partial charge >= 0.3 is 0 Å². The summed E-state index contributed by atoms with van der Waals surface area (Å²) in [5.41, 5.74) is 3.15. The van der Waals surface area contributed by atoms with Crippen molar-refractivity contribution in [2.75, 3.05) is 11.1 Å². The molecule has 31 heavy (non-hydrogen) atoms. The number of carbonyl (C=O) groups excluding carboxylic acids is 1. The second kappa shape index (κ2) is 8.57. The van der Waals surface area contributed by atoms with Crippen molar-refractivity contribution in [2.24, 2.45) is 0 Å². The third-order valence-electron chi connectivity index (χ3n) is 4.88. The molecule has 4 aromatic rings. The van der Waals surface area contributed by atoms with Crippen molar-refractivity contribution in [2.45, 2.75) is 11.8 Å². The van der Waals surface area contributed by atoms with Gasteiger partial charge in [-0.3, -0.25) is 4.79 Å². The molecule has 1 aromatic heterocycles. The fourth-order valence-corrected chi connectivity index (χ4v) is 4.06. The predicted octanol–water partition coefficient (Wildman–Crippen LogP) is 4.59. The number of para-hydroxylation sites is 1. The molecule has 4 rings (SSSR count). The minimum Gasteiger partial charge on any atom is -0.322 e. The van der Waals surface area contributed by atoms with Gasteiger partial charge < -0.3 is 5.32 Å². The number of aromatic nitrogens is 2. The fourth-order valence-electron chi connectivity index (χ4n) is 3.17. The van der Waals surface area contributed by atoms with E-state index in [1.807, 2.05) is 60.7 Å². The first-order chi connectivity index (χ1) is 15.0. The summed E-state index contributed by atoms with van der Waals surface area (Å²) in [4.78, 5) is 13.3. The maximum absolute atomic E-state index is 13.1. The van der Waals surface area contributed by atoms with Gasteiger partial charge in [0.1, 0.15) is 5.69 Å². The molecule has 156 valence electrons. The highest BCUT2D eigenvalue weighted by atomic mass is 32.2. The van der Waals surface area contributed by atoms with Crippen molar-refractivity contribution in [3.63, 3.8) is 0 Å². The van der Waals surface area contributed by atoms with Gasteiger partial charge in [0.15, 0.2) is 9.84 Å². The van der Waals surface area contributed by atoms with Crippen LogP contribution in [-0.4, -0.2) is 29.9 Å². The molecule has 0 aliphatic heterocycles. The smallest absolute Gasteiger partial charge is 0.259 e. The van der Waals surface area contributed by atoms with Crippen LogP contribution in [0.1, 0.15) is 17.3 Å². The van der Waals surface area contributed by atoms with E-state index in [-0.39, 0.29) is 16.6 Å². The Bertz CT molecular complexity index is 1300. The second-order valence-corrected chi connectivity index (χ2v) is 9.20. The molecule has 7 heteroatoms. The Morgan fingerprint density at radius 1 is 0.903 bits per heavy atom. The highest BCUT2D eigenvalue weighted by molar-refractivity contribution is 7.91. The largest absolute Gasteiger partial charge is 0.322 e. The highest BCUT2D eigenvalue weighted by Crippen LogP contribution is 2.25. The van der Waals surface area contributed by atoms with E-state index in [0.717, 1.165) is 11.3 Å². The Hall–Kier alpha value is -3.71. The molecule has 0 saturated carbocycles. The topological polar surface area (TPSA) is 81.1 Å². The summed E-state index contributed by atoms with van der Waals surface area (Å²) in [6.45, 7) is 1.60. The molecule has 1 heterocycles. The third-order valence-corrected chi connectivity index (χ3v) is 6.63. The molecule has 3 aromatic carbocycles. The van der Waals surface area contributed by atoms with Crippen molar-refractivity contribution in [3.8, 4) is 16.9 Å². The fraction of sp³-hybridized carbons (Fsp3) is 0.0833. The molecule has 6 nitrogen and oxygen atoms in total. The average Bonchev–Trinajstić information content (AvgIpc) is 3.26. The molecule has 0 bridgehead atoms. The number of hydrogen-bond donors (Lipinski definition) is 1. The number of nitrogens with one attached hydrogen (secondary N) is 1. The molecule has 1 N–H and O–H groups in total. The van der Waals surface area contributed by atoms with Gasteiger partial charge in [0, 0.05) is 17.4 Å². The molecule has 0 radical (unpaired) electrons. The van der Waals surface area contributed by atoms with Crippen molar-refractivity contribution < 1.29 is 13.2 Å². The zero-order chi connectivity index (χ0) is 21.8. The molecule has 0 atom stereocenters. The van der Waals surface area contributed by atoms with Gasteiger partial charge in [-0.25, -0.2) is 13.1 Å². The summed E-state index contributed by atoms with van der Waals surface area (Å²) in [6, 6.07) is 25.2. The van der Waals surface area contributed by atoms with E-state index in [1.54, 1.807) is 29.9 Å². The van der Waals surface area contributed by atoms with E-state index in [2.05, 4.69) is 10.4 Å². The number of sulfone groups is 1. The number of benzene rings is 3. The van der Waals surface area contributed by atoms with Gasteiger partial charge in [0.25, 0.3) is 5.91 Å². The minimum absolute atomic E-state index is 0.0256. The van der Waals surface area contributed by atoms with Gasteiger partial charge in [-0.15, -0.1) is 0 Å². The zero-order valence-electron chi connectivity index (χ0n) is 16.9. The molecule has 0 aliphatic rings. The number of hydrogen-bond acceptors (Lipinski definition) is 4. The molecular weight excluding hydrogens is 410 g/mol. The van der Waals surface area contributed by atoms with E-state index in [1.165, 1.54) is 12.1 Å². The minimum atomic E-state index is -3.29. The van der Waals surface area contributed by atoms with Crippen molar-refractivity contribution in [1.82, 2.24) is 9.78 Å². The normalized spacial score (nSPS) is 11.3. The van der Waals surface area contributed by atoms with E-state index >= 15 is 0 Å². The molecule has 0 spiro atoms. The molecule has 0 saturated heterocycles. The van der Waals surface area contributed by atoms with E-state index in [0.29, 0.717) is 16.9 Å². The number of anilines is 1. The van der Waals surface area contributed by atoms with Gasteiger partial charge in [-0.1, -0.05) is 55.5 Å². The number of nitrogens with zero attached hydrogens (tertiary/aromatic N) is 2. The van der Waals surface area contributed by atoms with Gasteiger partial charge in [0.05, 0.1) is 21.9 Å². The number of carbonyl (C=O) groups is 1. The standard InChI is InChI=1S/C24H21N3O3S/c1-2-31(29,30)21-15-13-19(14-16-21)25-24(28)22-17-27(20-11-7-4-8-12-20)26-23(22)18-9-5-3-6-10-18/h3-17H,2H2,1H3,(H,25,28). The quantitative estimate of drug-likeness (QED) is 0.484. The van der Waals surface area contributed by atoms with Gasteiger partial charge in [-0.05, 0) is 36.4 Å². The Kier molecular flexibility index (Phi) is 5.68. The summed E-state index contributed by atoms with van der Waals surface area (Å²) in [7, 11) is -3.29. The highest BCUT2D eigenvalue weighted by Gasteiger charge is 2.19. The lowest BCUT2D eigenvalue weighted by molar-refractivity contribution is 0.102. The van der Waals surface area contributed by atoms with Crippen molar-refractivity contribution in [1.29, 1.82) is 0 Å². The van der Waals surface area contributed by atoms with Crippen LogP contribution in [0.25, 0.3) is 16.9 Å². The van der Waals surface area contributed by atoms with Crippen LogP contribution in [0, 0.1) is 0 Å². The van der Waals surface area contributed by atoms with Gasteiger partial charge in [0.2, 0.25) is 0 Å². The Balaban J connectivity index is 1.68. The van der Waals surface area contributed by atoms with Crippen LogP contribution in [0.3, 0.4) is 0 Å². The Labute approximate surface area is 181 Å². The first-order valence-electron chi connectivity index (χ1n) is 9.82. The molecule has 1 amide bonds. The SMILES string of the molecule is CCS(=O)(=O)c1ccc(NC(=O)c2cn(-c3ccccc3)nc2-c2ccccc2)cc1. The second-order valence-electron chi connectivity index (χ2n) is 6.92. The number of rotatable bonds is 6. The van der Waals surface area contributed by atoms with E-state index in [9.17, 15) is 13.2 Å². The van der Waals surface area contributed by atoms with Crippen LogP contribution in [0.2, 0.25) is 0 Å². The first-order valence-corrected chi connectivity index (χ1v) is 11.5. The third kappa shape index (κ3) is 4.41. The summed E-state index contributed by atoms with van der Waals surface area (Å²) < 4.78 is 25.7. The molecule has 0 fully saturated rings. The van der Waals surface area contributed by atoms with E-state index in [4.69, 9.17) is 0 Å². The first kappa shape index (κ1) is 20.6. The molecular formula is C24H21N3O3S. The monoisotopic (exact) mass is 431 g/mol. The zero-order valence-corrected chi connectivity index (χ0v) is 17.7. The Morgan fingerprint density at radius 2 is 1.52 bits per heavy atom. The summed E-state index contributed by atoms with van der Waals surface area (Å²) in [5.74, 6) is -0.301. The summed E-state index contributed by atoms with van der Waals surface area (Å²) >= 11 is 0. The molecule has 0 unspecified atom stereocenters. The van der Waals surface area contributed by atoms with Crippen molar-refractivity contribution >= 4 is 21.4 Å². The molecule has 0 aliphatic carbocycles. The van der Waals surface area contributed by atoms with Gasteiger partial charge in [-0.2, -0.15) is 5.10 Å². The van der Waals surface area contributed by atoms with Crippen LogP contribution in [0.4, 0.5) is 5.69 Å². The van der Waals surface area contributed by atoms with Crippen LogP contribution in [-0.2, 0) is 9.84 Å². The predicted molar refractivity (Wildman–Crippen MR) is 121 cm³/mol. The van der Waals surface area contributed by atoms with Crippen LogP contribution < -0.4 is 5.32 Å². The van der Waals surface area contributed by atoms with Crippen LogP contribution in [0.15, 0.2) is 96.0 Å². The lowest BCUT2D eigenvalue weighted by Crippen LogP contribution is -2.12. The van der Waals surface area contributed by atoms with Crippen LogP contribution >= 0.6 is 0 Å². The average molecular weight is 432 g/mol. The number of amides is 1.